The molecule has 5 nitrogen and oxygen atoms in total. The molecule has 2 aliphatic heterocycles. The number of carbonyl (C=O) groups is 2. The van der Waals surface area contributed by atoms with Crippen molar-refractivity contribution in [2.24, 2.45) is 0 Å². The average Bonchev–Trinajstić information content (AvgIpc) is 2.82. The zero-order valence-electron chi connectivity index (χ0n) is 12.0. The second-order valence-electron chi connectivity index (χ2n) is 5.90. The van der Waals surface area contributed by atoms with Crippen LogP contribution in [0.15, 0.2) is 24.3 Å². The maximum atomic E-state index is 11.7. The first kappa shape index (κ1) is 14.1. The summed E-state index contributed by atoms with van der Waals surface area (Å²) < 4.78 is 0. The van der Waals surface area contributed by atoms with Gasteiger partial charge in [-0.1, -0.05) is 24.3 Å². The van der Waals surface area contributed by atoms with E-state index in [0.29, 0.717) is 18.4 Å². The zero-order valence-corrected chi connectivity index (χ0v) is 12.0. The van der Waals surface area contributed by atoms with E-state index < -0.39 is 5.97 Å². The highest BCUT2D eigenvalue weighted by molar-refractivity contribution is 5.78. The molecular formula is C16H20N2O3. The Labute approximate surface area is 124 Å². The summed E-state index contributed by atoms with van der Waals surface area (Å²) in [5.41, 5.74) is 2.03. The van der Waals surface area contributed by atoms with Crippen molar-refractivity contribution in [2.75, 3.05) is 19.6 Å². The fraction of sp³-hybridized carbons (Fsp3) is 0.500. The Morgan fingerprint density at radius 1 is 1.19 bits per heavy atom. The molecule has 2 aliphatic rings. The standard InChI is InChI=1S/C16H20N2O3/c19-15-6-5-14-11-17(7-8-18(14)15)10-13-3-1-12(2-4-13)9-16(20)21/h1-4,14H,5-11H2,(H,20,21). The number of carbonyl (C=O) groups excluding carboxylic acids is 1. The number of piperazine rings is 1. The van der Waals surface area contributed by atoms with Crippen LogP contribution in [-0.4, -0.2) is 52.5 Å². The van der Waals surface area contributed by atoms with Crippen LogP contribution >= 0.6 is 0 Å². The summed E-state index contributed by atoms with van der Waals surface area (Å²) in [7, 11) is 0. The fourth-order valence-corrected chi connectivity index (χ4v) is 3.27. The van der Waals surface area contributed by atoms with Crippen molar-refractivity contribution in [3.63, 3.8) is 0 Å². The third-order valence-electron chi connectivity index (χ3n) is 4.36. The molecule has 1 amide bonds. The van der Waals surface area contributed by atoms with Crippen molar-refractivity contribution in [1.82, 2.24) is 9.80 Å². The second kappa shape index (κ2) is 5.85. The van der Waals surface area contributed by atoms with Gasteiger partial charge in [-0.15, -0.1) is 0 Å². The molecule has 2 heterocycles. The minimum Gasteiger partial charge on any atom is -0.481 e. The molecule has 0 aliphatic carbocycles. The Hall–Kier alpha value is -1.88. The van der Waals surface area contributed by atoms with Crippen LogP contribution in [0.1, 0.15) is 24.0 Å². The highest BCUT2D eigenvalue weighted by Crippen LogP contribution is 2.23. The van der Waals surface area contributed by atoms with E-state index in [-0.39, 0.29) is 6.42 Å². The molecule has 21 heavy (non-hydrogen) atoms. The van der Waals surface area contributed by atoms with Crippen molar-refractivity contribution in [3.05, 3.63) is 35.4 Å². The highest BCUT2D eigenvalue weighted by atomic mass is 16.4. The van der Waals surface area contributed by atoms with Gasteiger partial charge in [0.1, 0.15) is 0 Å². The Morgan fingerprint density at radius 2 is 1.90 bits per heavy atom. The normalized spacial score (nSPS) is 22.4. The number of benzene rings is 1. The molecule has 1 atom stereocenters. The average molecular weight is 288 g/mol. The summed E-state index contributed by atoms with van der Waals surface area (Å²) in [5, 5.41) is 8.77. The van der Waals surface area contributed by atoms with Gasteiger partial charge in [0.15, 0.2) is 0 Å². The van der Waals surface area contributed by atoms with Crippen LogP contribution in [0.2, 0.25) is 0 Å². The first-order chi connectivity index (χ1) is 10.1. The summed E-state index contributed by atoms with van der Waals surface area (Å²) in [6.45, 7) is 3.56. The predicted molar refractivity (Wildman–Crippen MR) is 77.8 cm³/mol. The van der Waals surface area contributed by atoms with Crippen LogP contribution in [0.4, 0.5) is 0 Å². The maximum absolute atomic E-state index is 11.7. The van der Waals surface area contributed by atoms with Gasteiger partial charge >= 0.3 is 5.97 Å². The van der Waals surface area contributed by atoms with E-state index in [4.69, 9.17) is 5.11 Å². The van der Waals surface area contributed by atoms with E-state index in [0.717, 1.165) is 38.2 Å². The largest absolute Gasteiger partial charge is 0.481 e. The van der Waals surface area contributed by atoms with Gasteiger partial charge < -0.3 is 10.0 Å². The molecule has 1 aromatic carbocycles. The molecule has 2 saturated heterocycles. The van der Waals surface area contributed by atoms with Crippen LogP contribution < -0.4 is 0 Å². The molecule has 0 aromatic heterocycles. The molecule has 0 radical (unpaired) electrons. The molecule has 2 fully saturated rings. The molecule has 5 heteroatoms. The Kier molecular flexibility index (Phi) is 3.92. The number of fused-ring (bicyclic) bond motifs is 1. The lowest BCUT2D eigenvalue weighted by atomic mass is 10.1. The number of amides is 1. The summed E-state index contributed by atoms with van der Waals surface area (Å²) in [6, 6.07) is 8.17. The van der Waals surface area contributed by atoms with Gasteiger partial charge in [0, 0.05) is 38.6 Å². The zero-order chi connectivity index (χ0) is 14.8. The Balaban J connectivity index is 1.57. The van der Waals surface area contributed by atoms with E-state index in [1.54, 1.807) is 0 Å². The summed E-state index contributed by atoms with van der Waals surface area (Å²) in [4.78, 5) is 26.7. The van der Waals surface area contributed by atoms with Crippen molar-refractivity contribution in [3.8, 4) is 0 Å². The lowest BCUT2D eigenvalue weighted by Gasteiger charge is -2.37. The van der Waals surface area contributed by atoms with E-state index >= 15 is 0 Å². The third-order valence-corrected chi connectivity index (χ3v) is 4.36. The van der Waals surface area contributed by atoms with Crippen molar-refractivity contribution in [2.45, 2.75) is 31.8 Å². The number of rotatable bonds is 4. The van der Waals surface area contributed by atoms with Crippen molar-refractivity contribution >= 4 is 11.9 Å². The van der Waals surface area contributed by atoms with Gasteiger partial charge in [-0.3, -0.25) is 14.5 Å². The van der Waals surface area contributed by atoms with E-state index in [1.165, 1.54) is 5.56 Å². The Bertz CT molecular complexity index is 541. The lowest BCUT2D eigenvalue weighted by molar-refractivity contribution is -0.136. The number of nitrogens with zero attached hydrogens (tertiary/aromatic N) is 2. The second-order valence-corrected chi connectivity index (χ2v) is 5.90. The van der Waals surface area contributed by atoms with E-state index in [1.807, 2.05) is 29.2 Å². The van der Waals surface area contributed by atoms with Crippen LogP contribution in [-0.2, 0) is 22.6 Å². The number of hydrogen-bond acceptors (Lipinski definition) is 3. The van der Waals surface area contributed by atoms with Gasteiger partial charge in [-0.2, -0.15) is 0 Å². The smallest absolute Gasteiger partial charge is 0.307 e. The molecule has 112 valence electrons. The molecule has 0 saturated carbocycles. The highest BCUT2D eigenvalue weighted by Gasteiger charge is 2.35. The SMILES string of the molecule is O=C(O)Cc1ccc(CN2CCN3C(=O)CCC3C2)cc1. The summed E-state index contributed by atoms with van der Waals surface area (Å²) in [5.74, 6) is -0.498. The van der Waals surface area contributed by atoms with Gasteiger partial charge in [0.05, 0.1) is 6.42 Å². The first-order valence-electron chi connectivity index (χ1n) is 7.43. The summed E-state index contributed by atoms with van der Waals surface area (Å²) >= 11 is 0. The number of carboxylic acids is 1. The number of aliphatic carboxylic acids is 1. The van der Waals surface area contributed by atoms with E-state index in [9.17, 15) is 9.59 Å². The lowest BCUT2D eigenvalue weighted by Crippen LogP contribution is -2.50. The number of carboxylic acid groups (broad SMARTS) is 1. The summed E-state index contributed by atoms with van der Waals surface area (Å²) in [6.07, 6.45) is 1.75. The van der Waals surface area contributed by atoms with Crippen LogP contribution in [0.3, 0.4) is 0 Å². The topological polar surface area (TPSA) is 60.9 Å². The van der Waals surface area contributed by atoms with Crippen molar-refractivity contribution in [1.29, 1.82) is 0 Å². The van der Waals surface area contributed by atoms with Crippen LogP contribution in [0, 0.1) is 0 Å². The monoisotopic (exact) mass is 288 g/mol. The molecular weight excluding hydrogens is 268 g/mol. The van der Waals surface area contributed by atoms with Gasteiger partial charge in [0.25, 0.3) is 0 Å². The maximum Gasteiger partial charge on any atom is 0.307 e. The minimum atomic E-state index is -0.801. The number of hydrogen-bond donors (Lipinski definition) is 1. The van der Waals surface area contributed by atoms with Crippen molar-refractivity contribution < 1.29 is 14.7 Å². The molecule has 1 unspecified atom stereocenters. The molecule has 1 aromatic rings. The van der Waals surface area contributed by atoms with Gasteiger partial charge in [0.2, 0.25) is 5.91 Å². The molecule has 0 spiro atoms. The van der Waals surface area contributed by atoms with Crippen LogP contribution in [0.25, 0.3) is 0 Å². The van der Waals surface area contributed by atoms with Gasteiger partial charge in [-0.25, -0.2) is 0 Å². The fourth-order valence-electron chi connectivity index (χ4n) is 3.27. The molecule has 1 N–H and O–H groups in total. The molecule has 0 bridgehead atoms. The predicted octanol–water partition coefficient (Wildman–Crippen LogP) is 1.12. The molecule has 3 rings (SSSR count). The quantitative estimate of drug-likeness (QED) is 0.902. The Morgan fingerprint density at radius 3 is 2.62 bits per heavy atom. The van der Waals surface area contributed by atoms with Gasteiger partial charge in [-0.05, 0) is 17.5 Å². The van der Waals surface area contributed by atoms with Crippen LogP contribution in [0.5, 0.6) is 0 Å². The van der Waals surface area contributed by atoms with E-state index in [2.05, 4.69) is 4.90 Å². The minimum absolute atomic E-state index is 0.0726. The third kappa shape index (κ3) is 3.24. The first-order valence-corrected chi connectivity index (χ1v) is 7.43.